The zero-order chi connectivity index (χ0) is 20.8. The summed E-state index contributed by atoms with van der Waals surface area (Å²) in [5.41, 5.74) is 3.59. The quantitative estimate of drug-likeness (QED) is 0.720. The molecule has 2 aliphatic heterocycles. The van der Waals surface area contributed by atoms with Crippen LogP contribution < -0.4 is 5.01 Å². The van der Waals surface area contributed by atoms with Crippen LogP contribution in [0.4, 0.5) is 10.1 Å². The second kappa shape index (κ2) is 7.03. The summed E-state index contributed by atoms with van der Waals surface area (Å²) in [5.74, 6) is -1.41. The van der Waals surface area contributed by atoms with Crippen molar-refractivity contribution >= 4 is 17.3 Å². The predicted octanol–water partition coefficient (Wildman–Crippen LogP) is 3.87. The Kier molecular flexibility index (Phi) is 4.33. The summed E-state index contributed by atoms with van der Waals surface area (Å²) in [7, 11) is 0. The Morgan fingerprint density at radius 1 is 1.13 bits per heavy atom. The molecule has 7 heteroatoms. The van der Waals surface area contributed by atoms with Gasteiger partial charge < -0.3 is 9.84 Å². The summed E-state index contributed by atoms with van der Waals surface area (Å²) in [6, 6.07) is 15.0. The molecule has 0 radical (unpaired) electrons. The zero-order valence-corrected chi connectivity index (χ0v) is 16.1. The van der Waals surface area contributed by atoms with Crippen LogP contribution in [0.15, 0.2) is 65.9 Å². The van der Waals surface area contributed by atoms with Gasteiger partial charge in [-0.3, -0.25) is 9.78 Å². The van der Waals surface area contributed by atoms with Crippen molar-refractivity contribution in [3.8, 4) is 5.75 Å². The number of anilines is 1. The number of aromatic nitrogens is 1. The van der Waals surface area contributed by atoms with Crippen molar-refractivity contribution in [1.29, 1.82) is 0 Å². The zero-order valence-electron chi connectivity index (χ0n) is 16.1. The molecule has 0 unspecified atom stereocenters. The number of rotatable bonds is 3. The van der Waals surface area contributed by atoms with Crippen molar-refractivity contribution in [2.75, 3.05) is 5.01 Å². The summed E-state index contributed by atoms with van der Waals surface area (Å²) in [6.45, 7) is 1.96. The number of benzene rings is 2. The fourth-order valence-corrected chi connectivity index (χ4v) is 3.96. The number of aryl methyl sites for hydroxylation is 1. The van der Waals surface area contributed by atoms with Crippen molar-refractivity contribution in [1.82, 2.24) is 4.98 Å². The molecule has 1 aromatic heterocycles. The molecule has 1 N–H and O–H groups in total. The first-order chi connectivity index (χ1) is 14.5. The van der Waals surface area contributed by atoms with Gasteiger partial charge in [0.1, 0.15) is 23.6 Å². The highest BCUT2D eigenvalue weighted by Crippen LogP contribution is 2.45. The molecule has 150 valence electrons. The van der Waals surface area contributed by atoms with Gasteiger partial charge in [-0.25, -0.2) is 4.39 Å². The van der Waals surface area contributed by atoms with Crippen molar-refractivity contribution in [3.63, 3.8) is 0 Å². The van der Waals surface area contributed by atoms with E-state index in [0.717, 1.165) is 11.1 Å². The summed E-state index contributed by atoms with van der Waals surface area (Å²) in [5, 5.41) is 16.5. The van der Waals surface area contributed by atoms with Crippen LogP contribution in [0.2, 0.25) is 0 Å². The summed E-state index contributed by atoms with van der Waals surface area (Å²) >= 11 is 0. The lowest BCUT2D eigenvalue weighted by molar-refractivity contribution is -0.123. The number of pyridine rings is 1. The van der Waals surface area contributed by atoms with Gasteiger partial charge in [0.2, 0.25) is 0 Å². The number of amides is 1. The van der Waals surface area contributed by atoms with Crippen LogP contribution >= 0.6 is 0 Å². The van der Waals surface area contributed by atoms with Gasteiger partial charge in [-0.05, 0) is 36.8 Å². The maximum atomic E-state index is 13.5. The summed E-state index contributed by atoms with van der Waals surface area (Å²) in [6.07, 6.45) is 0.972. The molecular formula is C23H18FN3O3. The molecule has 30 heavy (non-hydrogen) atoms. The number of hydrogen-bond acceptors (Lipinski definition) is 5. The van der Waals surface area contributed by atoms with Gasteiger partial charge in [-0.1, -0.05) is 30.3 Å². The van der Waals surface area contributed by atoms with Gasteiger partial charge in [-0.2, -0.15) is 10.1 Å². The molecule has 0 saturated heterocycles. The van der Waals surface area contributed by atoms with E-state index < -0.39 is 17.8 Å². The second-order valence-electron chi connectivity index (χ2n) is 7.32. The monoisotopic (exact) mass is 403 g/mol. The molecular weight excluding hydrogens is 385 g/mol. The molecule has 0 saturated carbocycles. The Hall–Kier alpha value is -3.58. The SMILES string of the molecule is Cc1ncc2c(c1O)[C@@H]([C@H]1C(=O)N(c3ccc(F)cc3)N=C1c1ccccc1)OC2. The minimum Gasteiger partial charge on any atom is -0.506 e. The van der Waals surface area contributed by atoms with Crippen LogP contribution in [0.1, 0.15) is 28.5 Å². The van der Waals surface area contributed by atoms with Gasteiger partial charge in [0.15, 0.2) is 0 Å². The lowest BCUT2D eigenvalue weighted by Gasteiger charge is -2.21. The topological polar surface area (TPSA) is 75.0 Å². The van der Waals surface area contributed by atoms with E-state index >= 15 is 0 Å². The first-order valence-electron chi connectivity index (χ1n) is 9.57. The average Bonchev–Trinajstić information content (AvgIpc) is 3.33. The molecule has 0 bridgehead atoms. The van der Waals surface area contributed by atoms with E-state index in [1.807, 2.05) is 30.3 Å². The molecule has 6 nitrogen and oxygen atoms in total. The van der Waals surface area contributed by atoms with E-state index in [1.54, 1.807) is 13.1 Å². The van der Waals surface area contributed by atoms with E-state index in [9.17, 15) is 14.3 Å². The molecule has 0 fully saturated rings. The molecule has 1 amide bonds. The largest absolute Gasteiger partial charge is 0.506 e. The molecule has 3 heterocycles. The number of hydrogen-bond donors (Lipinski definition) is 1. The average molecular weight is 403 g/mol. The smallest absolute Gasteiger partial charge is 0.259 e. The summed E-state index contributed by atoms with van der Waals surface area (Å²) in [4.78, 5) is 17.7. The van der Waals surface area contributed by atoms with Crippen molar-refractivity contribution < 1.29 is 19.0 Å². The molecule has 3 aromatic rings. The third-order valence-corrected chi connectivity index (χ3v) is 5.48. The lowest BCUT2D eigenvalue weighted by Crippen LogP contribution is -2.32. The van der Waals surface area contributed by atoms with Gasteiger partial charge in [0.25, 0.3) is 5.91 Å². The lowest BCUT2D eigenvalue weighted by atomic mass is 9.87. The molecule has 2 aromatic carbocycles. The van der Waals surface area contributed by atoms with Crippen LogP contribution in [-0.2, 0) is 16.1 Å². The van der Waals surface area contributed by atoms with Crippen LogP contribution in [-0.4, -0.2) is 21.7 Å². The van der Waals surface area contributed by atoms with Crippen LogP contribution in [0.5, 0.6) is 5.75 Å². The van der Waals surface area contributed by atoms with Gasteiger partial charge >= 0.3 is 0 Å². The highest BCUT2D eigenvalue weighted by atomic mass is 19.1. The highest BCUT2D eigenvalue weighted by molar-refractivity contribution is 6.22. The minimum atomic E-state index is -0.758. The standard InChI is InChI=1S/C23H18FN3O3/c1-13-21(28)18-15(11-25-13)12-30-22(18)19-20(14-5-3-2-4-6-14)26-27(23(19)29)17-9-7-16(24)8-10-17/h2-11,19,22,28H,12H2,1H3/t19-,22-/m0/s1. The number of fused-ring (bicyclic) bond motifs is 1. The Bertz CT molecular complexity index is 1160. The molecule has 0 spiro atoms. The molecule has 0 aliphatic carbocycles. The maximum Gasteiger partial charge on any atom is 0.259 e. The van der Waals surface area contributed by atoms with E-state index in [2.05, 4.69) is 10.1 Å². The fraction of sp³-hybridized carbons (Fsp3) is 0.174. The maximum absolute atomic E-state index is 13.5. The third kappa shape index (κ3) is 2.86. The van der Waals surface area contributed by atoms with Crippen LogP contribution in [0, 0.1) is 18.7 Å². The highest BCUT2D eigenvalue weighted by Gasteiger charge is 2.47. The van der Waals surface area contributed by atoms with Gasteiger partial charge in [-0.15, -0.1) is 0 Å². The Labute approximate surface area is 172 Å². The Balaban J connectivity index is 1.63. The van der Waals surface area contributed by atoms with Gasteiger partial charge in [0.05, 0.1) is 23.7 Å². The molecule has 2 aliphatic rings. The number of ether oxygens (including phenoxy) is 1. The molecule has 2 atom stereocenters. The van der Waals surface area contributed by atoms with Crippen molar-refractivity contribution in [2.24, 2.45) is 11.0 Å². The minimum absolute atomic E-state index is 0.0374. The Morgan fingerprint density at radius 3 is 2.60 bits per heavy atom. The number of aromatic hydroxyl groups is 1. The second-order valence-corrected chi connectivity index (χ2v) is 7.32. The number of hydrazone groups is 1. The number of halogens is 1. The summed E-state index contributed by atoms with van der Waals surface area (Å²) < 4.78 is 19.4. The normalized spacial score (nSPS) is 20.4. The molecule has 5 rings (SSSR count). The van der Waals surface area contributed by atoms with Crippen LogP contribution in [0.25, 0.3) is 0 Å². The first kappa shape index (κ1) is 18.4. The van der Waals surface area contributed by atoms with E-state index in [-0.39, 0.29) is 18.3 Å². The Morgan fingerprint density at radius 2 is 1.87 bits per heavy atom. The van der Waals surface area contributed by atoms with Crippen LogP contribution in [0.3, 0.4) is 0 Å². The van der Waals surface area contributed by atoms with Crippen molar-refractivity contribution in [2.45, 2.75) is 19.6 Å². The fourth-order valence-electron chi connectivity index (χ4n) is 3.96. The number of nitrogens with zero attached hydrogens (tertiary/aromatic N) is 3. The van der Waals surface area contributed by atoms with Crippen molar-refractivity contribution in [3.05, 3.63) is 89.0 Å². The van der Waals surface area contributed by atoms with E-state index in [1.165, 1.54) is 29.3 Å². The van der Waals surface area contributed by atoms with E-state index in [4.69, 9.17) is 4.74 Å². The predicted molar refractivity (Wildman–Crippen MR) is 109 cm³/mol. The third-order valence-electron chi connectivity index (χ3n) is 5.48. The van der Waals surface area contributed by atoms with E-state index in [0.29, 0.717) is 22.7 Å². The number of carbonyl (C=O) groups excluding carboxylic acids is 1. The number of carbonyl (C=O) groups is 1. The first-order valence-corrected chi connectivity index (χ1v) is 9.57. The van der Waals surface area contributed by atoms with Gasteiger partial charge in [0, 0.05) is 17.3 Å².